The van der Waals surface area contributed by atoms with Gasteiger partial charge in [0.25, 0.3) is 0 Å². The van der Waals surface area contributed by atoms with E-state index >= 15 is 0 Å². The van der Waals surface area contributed by atoms with Crippen molar-refractivity contribution < 1.29 is 9.53 Å². The van der Waals surface area contributed by atoms with Gasteiger partial charge in [-0.25, -0.2) is 9.50 Å². The summed E-state index contributed by atoms with van der Waals surface area (Å²) in [7, 11) is 3.67. The highest BCUT2D eigenvalue weighted by molar-refractivity contribution is 6.19. The Morgan fingerprint density at radius 2 is 2.21 bits per heavy atom. The summed E-state index contributed by atoms with van der Waals surface area (Å²) in [5.74, 6) is 0.827. The van der Waals surface area contributed by atoms with Gasteiger partial charge in [0.2, 0.25) is 11.8 Å². The second-order valence-electron chi connectivity index (χ2n) is 6.87. The summed E-state index contributed by atoms with van der Waals surface area (Å²) in [5, 5.41) is 8.52. The van der Waals surface area contributed by atoms with E-state index in [1.54, 1.807) is 39.6 Å². The molecule has 0 radical (unpaired) electrons. The maximum Gasteiger partial charge on any atom is 0.246 e. The van der Waals surface area contributed by atoms with E-state index in [2.05, 4.69) is 15.2 Å². The molecule has 1 aliphatic carbocycles. The lowest BCUT2D eigenvalue weighted by molar-refractivity contribution is -0.130. The lowest BCUT2D eigenvalue weighted by Gasteiger charge is -2.40. The molecule has 1 fully saturated rings. The summed E-state index contributed by atoms with van der Waals surface area (Å²) in [4.78, 5) is 18.5. The van der Waals surface area contributed by atoms with Crippen molar-refractivity contribution in [3.05, 3.63) is 43.0 Å². The van der Waals surface area contributed by atoms with E-state index in [9.17, 15) is 4.79 Å². The topological polar surface area (TPSA) is 77.6 Å². The molecule has 0 aliphatic heterocycles. The Morgan fingerprint density at radius 3 is 2.93 bits per heavy atom. The zero-order chi connectivity index (χ0) is 19.7. The largest absolute Gasteiger partial charge is 0.473 e. The van der Waals surface area contributed by atoms with Crippen molar-refractivity contribution >= 4 is 23.0 Å². The van der Waals surface area contributed by atoms with Gasteiger partial charge in [-0.05, 0) is 6.07 Å². The van der Waals surface area contributed by atoms with Crippen LogP contribution in [0.15, 0.2) is 43.0 Å². The third-order valence-corrected chi connectivity index (χ3v) is 5.13. The molecule has 0 N–H and O–H groups in total. The first kappa shape index (κ1) is 18.5. The lowest BCUT2D eigenvalue weighted by Crippen LogP contribution is -2.49. The van der Waals surface area contributed by atoms with Gasteiger partial charge in [-0.15, -0.1) is 11.6 Å². The van der Waals surface area contributed by atoms with Gasteiger partial charge in [0.15, 0.2) is 0 Å². The van der Waals surface area contributed by atoms with E-state index in [0.717, 1.165) is 29.6 Å². The van der Waals surface area contributed by atoms with Crippen LogP contribution >= 0.6 is 11.6 Å². The summed E-state index contributed by atoms with van der Waals surface area (Å²) in [6.45, 7) is 0. The highest BCUT2D eigenvalue weighted by Crippen LogP contribution is 2.31. The summed E-state index contributed by atoms with van der Waals surface area (Å²) >= 11 is 5.59. The second kappa shape index (κ2) is 7.63. The molecule has 3 aromatic heterocycles. The van der Waals surface area contributed by atoms with Crippen molar-refractivity contribution in [3.63, 3.8) is 0 Å². The number of carbonyl (C=O) groups is 1. The number of likely N-dealkylation sites (N-methyl/N-ethyl adjacent to an activating group) is 1. The van der Waals surface area contributed by atoms with Crippen LogP contribution in [-0.2, 0) is 11.8 Å². The summed E-state index contributed by atoms with van der Waals surface area (Å²) < 4.78 is 9.64. The minimum Gasteiger partial charge on any atom is -0.473 e. The number of hydrogen-bond acceptors (Lipinski definition) is 5. The number of allylic oxidation sites excluding steroid dienone is 1. The SMILES string of the molecule is CN(C(=O)/C=C/CCl)C1CC(Oc2nc(-c3cnn(C)c3)cn3nccc23)C1. The van der Waals surface area contributed by atoms with Gasteiger partial charge < -0.3 is 9.64 Å². The molecule has 1 amide bonds. The Morgan fingerprint density at radius 1 is 1.39 bits per heavy atom. The quantitative estimate of drug-likeness (QED) is 0.468. The molecule has 1 aliphatic rings. The van der Waals surface area contributed by atoms with Gasteiger partial charge in [-0.2, -0.15) is 10.2 Å². The average Bonchev–Trinajstić information content (AvgIpc) is 3.30. The second-order valence-corrected chi connectivity index (χ2v) is 7.17. The number of rotatable bonds is 6. The molecule has 0 spiro atoms. The number of carbonyl (C=O) groups excluding carboxylic acids is 1. The minimum absolute atomic E-state index is 0.00704. The van der Waals surface area contributed by atoms with Gasteiger partial charge in [0.05, 0.1) is 24.3 Å². The van der Waals surface area contributed by atoms with Crippen molar-refractivity contribution in [3.8, 4) is 17.1 Å². The molecule has 0 atom stereocenters. The molecule has 0 aromatic carbocycles. The Balaban J connectivity index is 1.48. The lowest BCUT2D eigenvalue weighted by atomic mass is 9.88. The van der Waals surface area contributed by atoms with Gasteiger partial charge >= 0.3 is 0 Å². The Labute approximate surface area is 167 Å². The third kappa shape index (κ3) is 3.60. The molecule has 3 aromatic rings. The average molecular weight is 401 g/mol. The fourth-order valence-electron chi connectivity index (χ4n) is 3.23. The van der Waals surface area contributed by atoms with Crippen molar-refractivity contribution in [2.24, 2.45) is 7.05 Å². The van der Waals surface area contributed by atoms with Crippen LogP contribution in [-0.4, -0.2) is 60.3 Å². The van der Waals surface area contributed by atoms with Crippen LogP contribution in [0.1, 0.15) is 12.8 Å². The Hall–Kier alpha value is -2.87. The van der Waals surface area contributed by atoms with Crippen LogP contribution in [0, 0.1) is 0 Å². The molecular formula is C19H21ClN6O2. The van der Waals surface area contributed by atoms with E-state index in [1.165, 1.54) is 6.08 Å². The monoisotopic (exact) mass is 400 g/mol. The third-order valence-electron chi connectivity index (χ3n) is 4.95. The molecule has 28 heavy (non-hydrogen) atoms. The fourth-order valence-corrected chi connectivity index (χ4v) is 3.32. The smallest absolute Gasteiger partial charge is 0.246 e. The van der Waals surface area contributed by atoms with Crippen molar-refractivity contribution in [2.45, 2.75) is 25.0 Å². The number of nitrogens with zero attached hydrogens (tertiary/aromatic N) is 6. The first-order chi connectivity index (χ1) is 13.5. The maximum absolute atomic E-state index is 12.1. The first-order valence-corrected chi connectivity index (χ1v) is 9.58. The van der Waals surface area contributed by atoms with Crippen LogP contribution in [0.25, 0.3) is 16.8 Å². The number of ether oxygens (including phenoxy) is 1. The number of aromatic nitrogens is 5. The van der Waals surface area contributed by atoms with Crippen LogP contribution in [0.4, 0.5) is 0 Å². The molecule has 0 bridgehead atoms. The van der Waals surface area contributed by atoms with Crippen molar-refractivity contribution in [1.29, 1.82) is 0 Å². The molecule has 1 saturated carbocycles. The summed E-state index contributed by atoms with van der Waals surface area (Å²) in [6.07, 6.45) is 11.9. The van der Waals surface area contributed by atoms with E-state index in [0.29, 0.717) is 11.8 Å². The Kier molecular flexibility index (Phi) is 5.04. The molecule has 8 nitrogen and oxygen atoms in total. The van der Waals surface area contributed by atoms with E-state index in [1.807, 2.05) is 25.5 Å². The van der Waals surface area contributed by atoms with Crippen molar-refractivity contribution in [2.75, 3.05) is 12.9 Å². The van der Waals surface area contributed by atoms with Gasteiger partial charge in [0, 0.05) is 56.7 Å². The molecular weight excluding hydrogens is 380 g/mol. The van der Waals surface area contributed by atoms with Crippen molar-refractivity contribution in [1.82, 2.24) is 29.3 Å². The first-order valence-electron chi connectivity index (χ1n) is 9.04. The highest BCUT2D eigenvalue weighted by Gasteiger charge is 2.36. The maximum atomic E-state index is 12.1. The molecule has 0 unspecified atom stereocenters. The number of amides is 1. The van der Waals surface area contributed by atoms with Crippen LogP contribution in [0.3, 0.4) is 0 Å². The molecule has 9 heteroatoms. The van der Waals surface area contributed by atoms with Gasteiger partial charge in [0.1, 0.15) is 11.6 Å². The molecule has 0 saturated heterocycles. The van der Waals surface area contributed by atoms with E-state index < -0.39 is 0 Å². The number of fused-ring (bicyclic) bond motifs is 1. The van der Waals surface area contributed by atoms with Gasteiger partial charge in [-0.1, -0.05) is 6.08 Å². The normalized spacial score (nSPS) is 19.1. The number of aryl methyl sites for hydroxylation is 1. The molecule has 146 valence electrons. The van der Waals surface area contributed by atoms with E-state index in [-0.39, 0.29) is 18.1 Å². The summed E-state index contributed by atoms with van der Waals surface area (Å²) in [6, 6.07) is 2.03. The highest BCUT2D eigenvalue weighted by atomic mass is 35.5. The molecule has 3 heterocycles. The minimum atomic E-state index is -0.0426. The predicted molar refractivity (Wildman–Crippen MR) is 105 cm³/mol. The zero-order valence-electron chi connectivity index (χ0n) is 15.7. The summed E-state index contributed by atoms with van der Waals surface area (Å²) in [5.41, 5.74) is 2.45. The van der Waals surface area contributed by atoms with Crippen LogP contribution < -0.4 is 4.74 Å². The predicted octanol–water partition coefficient (Wildman–Crippen LogP) is 2.29. The zero-order valence-corrected chi connectivity index (χ0v) is 16.5. The number of hydrogen-bond donors (Lipinski definition) is 0. The number of alkyl halides is 1. The van der Waals surface area contributed by atoms with E-state index in [4.69, 9.17) is 16.3 Å². The Bertz CT molecular complexity index is 1020. The fraction of sp³-hybridized carbons (Fsp3) is 0.368. The van der Waals surface area contributed by atoms with Gasteiger partial charge in [-0.3, -0.25) is 9.48 Å². The standard InChI is InChI=1S/C19H21ClN6O2/c1-24-11-13(10-22-24)16-12-26-17(5-7-21-26)19(23-16)28-15-8-14(9-15)25(2)18(27)4-3-6-20/h3-5,7,10-12,14-15H,6,8-9H2,1-2H3/b4-3+. The molecule has 4 rings (SSSR count). The van der Waals surface area contributed by atoms with Crippen LogP contribution in [0.2, 0.25) is 0 Å². The number of halogens is 1. The van der Waals surface area contributed by atoms with Crippen LogP contribution in [0.5, 0.6) is 5.88 Å².